The summed E-state index contributed by atoms with van der Waals surface area (Å²) in [5.74, 6) is 1.66. The topological polar surface area (TPSA) is 32.3 Å². The number of carbonyl (C=O) groups excluding carboxylic acids is 1. The molecule has 1 aromatic rings. The highest BCUT2D eigenvalue weighted by Gasteiger charge is 2.28. The third kappa shape index (κ3) is 4.24. The van der Waals surface area contributed by atoms with Crippen LogP contribution in [0.15, 0.2) is 29.2 Å². The lowest BCUT2D eigenvalue weighted by Crippen LogP contribution is -2.43. The zero-order valence-corrected chi connectivity index (χ0v) is 14.1. The molecule has 0 spiro atoms. The van der Waals surface area contributed by atoms with Gasteiger partial charge in [-0.2, -0.15) is 0 Å². The van der Waals surface area contributed by atoms with Crippen LogP contribution in [-0.2, 0) is 0 Å². The summed E-state index contributed by atoms with van der Waals surface area (Å²) in [6.07, 6.45) is 1.06. The van der Waals surface area contributed by atoms with E-state index in [4.69, 9.17) is 0 Å². The summed E-state index contributed by atoms with van der Waals surface area (Å²) in [5.41, 5.74) is 0.858. The molecule has 0 bridgehead atoms. The number of hydrogen-bond donors (Lipinski definition) is 1. The minimum Gasteiger partial charge on any atom is -0.334 e. The van der Waals surface area contributed by atoms with Crippen molar-refractivity contribution in [1.29, 1.82) is 0 Å². The van der Waals surface area contributed by atoms with Crippen LogP contribution in [0.4, 0.5) is 0 Å². The van der Waals surface area contributed by atoms with Crippen molar-refractivity contribution in [2.24, 2.45) is 5.92 Å². The predicted octanol–water partition coefficient (Wildman–Crippen LogP) is 3.26. The summed E-state index contributed by atoms with van der Waals surface area (Å²) in [6, 6.07) is 8.34. The molecule has 21 heavy (non-hydrogen) atoms. The van der Waals surface area contributed by atoms with Crippen molar-refractivity contribution < 1.29 is 4.79 Å². The smallest absolute Gasteiger partial charge is 0.255 e. The molecule has 1 saturated heterocycles. The van der Waals surface area contributed by atoms with E-state index in [9.17, 15) is 4.79 Å². The monoisotopic (exact) mass is 306 g/mol. The maximum Gasteiger partial charge on any atom is 0.255 e. The molecule has 0 aromatic heterocycles. The predicted molar refractivity (Wildman–Crippen MR) is 90.0 cm³/mol. The number of carbonyl (C=O) groups is 1. The summed E-state index contributed by atoms with van der Waals surface area (Å²) >= 11 is 1.75. The van der Waals surface area contributed by atoms with Crippen LogP contribution in [0.1, 0.15) is 37.6 Å². The van der Waals surface area contributed by atoms with Crippen LogP contribution >= 0.6 is 11.8 Å². The minimum absolute atomic E-state index is 0.189. The van der Waals surface area contributed by atoms with E-state index in [0.29, 0.717) is 12.0 Å². The van der Waals surface area contributed by atoms with Gasteiger partial charge in [0.25, 0.3) is 5.91 Å². The molecule has 1 aliphatic rings. The SMILES string of the molecule is CCSc1ccccc1C(=O)N(CC(C)C)C1CCNC1. The van der Waals surface area contributed by atoms with E-state index in [1.807, 2.05) is 18.2 Å². The van der Waals surface area contributed by atoms with Crippen LogP contribution < -0.4 is 5.32 Å². The van der Waals surface area contributed by atoms with E-state index in [1.54, 1.807) is 11.8 Å². The molecule has 3 nitrogen and oxygen atoms in total. The van der Waals surface area contributed by atoms with Gasteiger partial charge in [0, 0.05) is 24.0 Å². The minimum atomic E-state index is 0.189. The Balaban J connectivity index is 2.24. The molecule has 0 radical (unpaired) electrons. The van der Waals surface area contributed by atoms with Crippen LogP contribution in [0, 0.1) is 5.92 Å². The zero-order chi connectivity index (χ0) is 15.2. The quantitative estimate of drug-likeness (QED) is 0.819. The van der Waals surface area contributed by atoms with Gasteiger partial charge >= 0.3 is 0 Å². The van der Waals surface area contributed by atoms with Crippen molar-refractivity contribution in [1.82, 2.24) is 10.2 Å². The van der Waals surface area contributed by atoms with Crippen molar-refractivity contribution >= 4 is 17.7 Å². The van der Waals surface area contributed by atoms with Gasteiger partial charge in [-0.3, -0.25) is 4.79 Å². The maximum atomic E-state index is 13.0. The first-order chi connectivity index (χ1) is 10.1. The molecule has 1 aliphatic heterocycles. The van der Waals surface area contributed by atoms with Gasteiger partial charge in [0.2, 0.25) is 0 Å². The third-order valence-corrected chi connectivity index (χ3v) is 4.67. The Kier molecular flexibility index (Phi) is 6.12. The molecule has 1 amide bonds. The molecule has 116 valence electrons. The van der Waals surface area contributed by atoms with Gasteiger partial charge in [-0.1, -0.05) is 32.9 Å². The van der Waals surface area contributed by atoms with Gasteiger partial charge in [-0.05, 0) is 36.8 Å². The Bertz CT molecular complexity index is 470. The van der Waals surface area contributed by atoms with Crippen molar-refractivity contribution in [2.45, 2.75) is 38.1 Å². The molecular weight excluding hydrogens is 280 g/mol. The Morgan fingerprint density at radius 2 is 2.19 bits per heavy atom. The van der Waals surface area contributed by atoms with Crippen LogP contribution in [-0.4, -0.2) is 42.2 Å². The average molecular weight is 306 g/mol. The lowest BCUT2D eigenvalue weighted by atomic mass is 10.1. The molecule has 1 aromatic carbocycles. The first-order valence-corrected chi connectivity index (χ1v) is 8.85. The lowest BCUT2D eigenvalue weighted by molar-refractivity contribution is 0.0663. The second kappa shape index (κ2) is 7.85. The summed E-state index contributed by atoms with van der Waals surface area (Å²) < 4.78 is 0. The number of nitrogens with zero attached hydrogens (tertiary/aromatic N) is 1. The fourth-order valence-corrected chi connectivity index (χ4v) is 3.57. The molecule has 1 N–H and O–H groups in total. The van der Waals surface area contributed by atoms with Crippen molar-refractivity contribution in [3.05, 3.63) is 29.8 Å². The second-order valence-corrected chi connectivity index (χ2v) is 7.23. The fourth-order valence-electron chi connectivity index (χ4n) is 2.78. The number of benzene rings is 1. The van der Waals surface area contributed by atoms with Crippen LogP contribution in [0.25, 0.3) is 0 Å². The van der Waals surface area contributed by atoms with Gasteiger partial charge in [-0.15, -0.1) is 11.8 Å². The number of rotatable bonds is 6. The maximum absolute atomic E-state index is 13.0. The molecule has 0 aliphatic carbocycles. The van der Waals surface area contributed by atoms with Crippen molar-refractivity contribution in [3.63, 3.8) is 0 Å². The average Bonchev–Trinajstić information content (AvgIpc) is 2.99. The summed E-state index contributed by atoms with van der Waals surface area (Å²) in [5, 5.41) is 3.37. The molecule has 1 unspecified atom stereocenters. The van der Waals surface area contributed by atoms with E-state index in [0.717, 1.165) is 42.3 Å². The zero-order valence-electron chi connectivity index (χ0n) is 13.3. The number of hydrogen-bond acceptors (Lipinski definition) is 3. The highest BCUT2D eigenvalue weighted by atomic mass is 32.2. The fraction of sp³-hybridized carbons (Fsp3) is 0.588. The van der Waals surface area contributed by atoms with E-state index in [2.05, 4.69) is 37.1 Å². The molecular formula is C17H26N2OS. The summed E-state index contributed by atoms with van der Waals surface area (Å²) in [6.45, 7) is 9.24. The first kappa shape index (κ1) is 16.4. The normalized spacial score (nSPS) is 18.2. The molecule has 1 fully saturated rings. The first-order valence-electron chi connectivity index (χ1n) is 7.87. The van der Waals surface area contributed by atoms with Crippen molar-refractivity contribution in [2.75, 3.05) is 25.4 Å². The van der Waals surface area contributed by atoms with E-state index >= 15 is 0 Å². The van der Waals surface area contributed by atoms with Crippen LogP contribution in [0.3, 0.4) is 0 Å². The Labute approximate surface area is 132 Å². The number of nitrogens with one attached hydrogen (secondary N) is 1. The summed E-state index contributed by atoms with van der Waals surface area (Å²) in [4.78, 5) is 16.2. The largest absolute Gasteiger partial charge is 0.334 e. The Morgan fingerprint density at radius 1 is 1.43 bits per heavy atom. The molecule has 1 atom stereocenters. The highest BCUT2D eigenvalue weighted by molar-refractivity contribution is 7.99. The van der Waals surface area contributed by atoms with Gasteiger partial charge in [0.15, 0.2) is 0 Å². The molecule has 2 rings (SSSR count). The van der Waals surface area contributed by atoms with Gasteiger partial charge in [0.1, 0.15) is 0 Å². The van der Waals surface area contributed by atoms with E-state index in [-0.39, 0.29) is 5.91 Å². The van der Waals surface area contributed by atoms with Gasteiger partial charge in [0.05, 0.1) is 5.56 Å². The standard InChI is InChI=1S/C17H26N2OS/c1-4-21-16-8-6-5-7-15(16)17(20)19(12-13(2)3)14-9-10-18-11-14/h5-8,13-14,18H,4,9-12H2,1-3H3. The Morgan fingerprint density at radius 3 is 2.81 bits per heavy atom. The molecule has 4 heteroatoms. The summed E-state index contributed by atoms with van der Waals surface area (Å²) in [7, 11) is 0. The lowest BCUT2D eigenvalue weighted by Gasteiger charge is -2.31. The number of amides is 1. The third-order valence-electron chi connectivity index (χ3n) is 3.72. The van der Waals surface area contributed by atoms with Crippen LogP contribution in [0.2, 0.25) is 0 Å². The van der Waals surface area contributed by atoms with Gasteiger partial charge in [-0.25, -0.2) is 0 Å². The second-order valence-electron chi connectivity index (χ2n) is 5.93. The molecule has 1 heterocycles. The van der Waals surface area contributed by atoms with Gasteiger partial charge < -0.3 is 10.2 Å². The van der Waals surface area contributed by atoms with E-state index in [1.165, 1.54) is 0 Å². The number of thioether (sulfide) groups is 1. The van der Waals surface area contributed by atoms with E-state index < -0.39 is 0 Å². The highest BCUT2D eigenvalue weighted by Crippen LogP contribution is 2.25. The molecule has 0 saturated carbocycles. The van der Waals surface area contributed by atoms with Crippen molar-refractivity contribution in [3.8, 4) is 0 Å². The Hall–Kier alpha value is -1.00. The van der Waals surface area contributed by atoms with Crippen LogP contribution in [0.5, 0.6) is 0 Å².